The molecule has 0 unspecified atom stereocenters. The van der Waals surface area contributed by atoms with Crippen molar-refractivity contribution in [3.05, 3.63) is 223 Å². The third-order valence-electron chi connectivity index (χ3n) is 12.4. The van der Waals surface area contributed by atoms with Crippen molar-refractivity contribution in [2.75, 3.05) is 4.90 Å². The van der Waals surface area contributed by atoms with Crippen LogP contribution in [0.25, 0.3) is 76.8 Å². The van der Waals surface area contributed by atoms with Crippen molar-refractivity contribution in [3.63, 3.8) is 0 Å². The normalized spacial score (nSPS) is 12.8. The maximum atomic E-state index is 2.53. The lowest BCUT2D eigenvalue weighted by Crippen LogP contribution is -2.16. The second-order valence-electron chi connectivity index (χ2n) is 16.1. The van der Waals surface area contributed by atoms with Gasteiger partial charge in [0.1, 0.15) is 0 Å². The highest BCUT2D eigenvalue weighted by atomic mass is 15.1. The zero-order valence-electron chi connectivity index (χ0n) is 32.7. The number of rotatable bonds is 6. The lowest BCUT2D eigenvalue weighted by Gasteiger charge is -2.32. The topological polar surface area (TPSA) is 3.24 Å². The summed E-state index contributed by atoms with van der Waals surface area (Å²) in [4.78, 5) is 2.53. The molecule has 58 heavy (non-hydrogen) atoms. The Morgan fingerprint density at radius 3 is 1.67 bits per heavy atom. The summed E-state index contributed by atoms with van der Waals surface area (Å²) in [5.74, 6) is 0. The molecule has 1 heteroatoms. The van der Waals surface area contributed by atoms with E-state index in [1.165, 1.54) is 88.0 Å². The summed E-state index contributed by atoms with van der Waals surface area (Å²) in [5.41, 5.74) is 15.8. The van der Waals surface area contributed by atoms with Crippen LogP contribution in [0.1, 0.15) is 25.0 Å². The molecule has 0 saturated heterocycles. The van der Waals surface area contributed by atoms with Crippen molar-refractivity contribution in [1.82, 2.24) is 0 Å². The second kappa shape index (κ2) is 13.5. The first kappa shape index (κ1) is 34.1. The van der Waals surface area contributed by atoms with Crippen LogP contribution in [0.2, 0.25) is 0 Å². The molecule has 0 atom stereocenters. The van der Waals surface area contributed by atoms with E-state index in [0.717, 1.165) is 17.1 Å². The van der Waals surface area contributed by atoms with Gasteiger partial charge in [0.05, 0.1) is 11.4 Å². The molecule has 0 saturated carbocycles. The maximum absolute atomic E-state index is 2.53. The molecule has 274 valence electrons. The van der Waals surface area contributed by atoms with Gasteiger partial charge in [-0.2, -0.15) is 0 Å². The van der Waals surface area contributed by atoms with E-state index in [9.17, 15) is 0 Å². The van der Waals surface area contributed by atoms with E-state index in [1.807, 2.05) is 0 Å². The third-order valence-corrected chi connectivity index (χ3v) is 12.4. The molecule has 0 bridgehead atoms. The molecule has 11 rings (SSSR count). The third kappa shape index (κ3) is 5.46. The van der Waals surface area contributed by atoms with Gasteiger partial charge in [0.25, 0.3) is 0 Å². The quantitative estimate of drug-likeness (QED) is 0.164. The molecule has 0 amide bonds. The van der Waals surface area contributed by atoms with Gasteiger partial charge >= 0.3 is 0 Å². The van der Waals surface area contributed by atoms with Crippen molar-refractivity contribution < 1.29 is 0 Å². The van der Waals surface area contributed by atoms with Gasteiger partial charge in [-0.25, -0.2) is 0 Å². The minimum absolute atomic E-state index is 0.137. The number of hydrogen-bond donors (Lipinski definition) is 0. The van der Waals surface area contributed by atoms with Crippen molar-refractivity contribution in [1.29, 1.82) is 0 Å². The lowest BCUT2D eigenvalue weighted by atomic mass is 9.82. The highest BCUT2D eigenvalue weighted by Crippen LogP contribution is 2.54. The molecular weight excluding hydrogens is 699 g/mol. The molecule has 10 aromatic rings. The predicted molar refractivity (Wildman–Crippen MR) is 248 cm³/mol. The highest BCUT2D eigenvalue weighted by molar-refractivity contribution is 6.12. The van der Waals surface area contributed by atoms with Crippen LogP contribution in [0.5, 0.6) is 0 Å². The van der Waals surface area contributed by atoms with Gasteiger partial charge in [-0.05, 0) is 119 Å². The highest BCUT2D eigenvalue weighted by Gasteiger charge is 2.36. The minimum atomic E-state index is -0.137. The van der Waals surface area contributed by atoms with Crippen LogP contribution in [0, 0.1) is 0 Å². The second-order valence-corrected chi connectivity index (χ2v) is 16.1. The number of anilines is 3. The Bertz CT molecular complexity index is 3190. The molecular formula is C57H41N. The van der Waals surface area contributed by atoms with E-state index < -0.39 is 0 Å². The molecule has 1 nitrogen and oxygen atoms in total. The molecule has 0 heterocycles. The molecule has 1 aliphatic rings. The van der Waals surface area contributed by atoms with Crippen LogP contribution in [0.15, 0.2) is 212 Å². The van der Waals surface area contributed by atoms with Crippen LogP contribution < -0.4 is 4.90 Å². The van der Waals surface area contributed by atoms with Crippen molar-refractivity contribution in [2.24, 2.45) is 0 Å². The molecule has 1 aliphatic carbocycles. The number of nitrogens with zero attached hydrogens (tertiary/aromatic N) is 1. The van der Waals surface area contributed by atoms with E-state index in [4.69, 9.17) is 0 Å². The average Bonchev–Trinajstić information content (AvgIpc) is 3.50. The van der Waals surface area contributed by atoms with Crippen molar-refractivity contribution >= 4 is 49.4 Å². The number of hydrogen-bond acceptors (Lipinski definition) is 1. The molecule has 10 aromatic carbocycles. The summed E-state index contributed by atoms with van der Waals surface area (Å²) < 4.78 is 0. The van der Waals surface area contributed by atoms with Gasteiger partial charge in [-0.3, -0.25) is 0 Å². The van der Waals surface area contributed by atoms with E-state index in [1.54, 1.807) is 0 Å². The van der Waals surface area contributed by atoms with E-state index in [0.29, 0.717) is 0 Å². The Morgan fingerprint density at radius 2 is 0.914 bits per heavy atom. The fourth-order valence-corrected chi connectivity index (χ4v) is 9.54. The lowest BCUT2D eigenvalue weighted by molar-refractivity contribution is 0.661. The van der Waals surface area contributed by atoms with Crippen LogP contribution in [-0.4, -0.2) is 0 Å². The Hall–Kier alpha value is -7.22. The van der Waals surface area contributed by atoms with E-state index >= 15 is 0 Å². The van der Waals surface area contributed by atoms with Gasteiger partial charge in [0.2, 0.25) is 0 Å². The predicted octanol–water partition coefficient (Wildman–Crippen LogP) is 15.9. The summed E-state index contributed by atoms with van der Waals surface area (Å²) in [6.07, 6.45) is 0. The van der Waals surface area contributed by atoms with Crippen LogP contribution in [0.3, 0.4) is 0 Å². The van der Waals surface area contributed by atoms with Crippen LogP contribution >= 0.6 is 0 Å². The standard InChI is InChI=1S/C57H41N/c1-57(2)52-31-30-45(37-51(52)50-35-42-22-9-10-23-43(42)36-53(50)57)58(54-32-29-44(38-16-5-3-6-17-38)34-49(54)40-18-7-4-8-19-40)55-33-28-41-21-12-14-26-47(41)56(55)48-27-15-24-39-20-11-13-25-46(39)48/h3-37H,1-2H3. The van der Waals surface area contributed by atoms with Gasteiger partial charge < -0.3 is 4.90 Å². The van der Waals surface area contributed by atoms with Gasteiger partial charge in [0, 0.05) is 22.2 Å². The summed E-state index contributed by atoms with van der Waals surface area (Å²) in [6.45, 7) is 4.75. The first-order valence-electron chi connectivity index (χ1n) is 20.3. The van der Waals surface area contributed by atoms with Crippen molar-refractivity contribution in [2.45, 2.75) is 19.3 Å². The van der Waals surface area contributed by atoms with Crippen molar-refractivity contribution in [3.8, 4) is 44.5 Å². The van der Waals surface area contributed by atoms with Crippen LogP contribution in [-0.2, 0) is 5.41 Å². The van der Waals surface area contributed by atoms with E-state index in [2.05, 4.69) is 231 Å². The summed E-state index contributed by atoms with van der Waals surface area (Å²) >= 11 is 0. The fraction of sp³-hybridized carbons (Fsp3) is 0.0526. The Morgan fingerprint density at radius 1 is 0.328 bits per heavy atom. The zero-order chi connectivity index (χ0) is 38.8. The van der Waals surface area contributed by atoms with Gasteiger partial charge in [-0.15, -0.1) is 0 Å². The van der Waals surface area contributed by atoms with E-state index in [-0.39, 0.29) is 5.41 Å². The molecule has 0 N–H and O–H groups in total. The Kier molecular flexibility index (Phi) is 7.91. The summed E-state index contributed by atoms with van der Waals surface area (Å²) in [5, 5.41) is 7.46. The summed E-state index contributed by atoms with van der Waals surface area (Å²) in [6, 6.07) is 78.4. The number of benzene rings is 10. The minimum Gasteiger partial charge on any atom is -0.309 e. The maximum Gasteiger partial charge on any atom is 0.0546 e. The first-order valence-corrected chi connectivity index (χ1v) is 20.3. The molecule has 0 aromatic heterocycles. The van der Waals surface area contributed by atoms with Crippen LogP contribution in [0.4, 0.5) is 17.1 Å². The fourth-order valence-electron chi connectivity index (χ4n) is 9.54. The number of fused-ring (bicyclic) bond motifs is 6. The largest absolute Gasteiger partial charge is 0.309 e. The first-order chi connectivity index (χ1) is 28.5. The van der Waals surface area contributed by atoms with Gasteiger partial charge in [-0.1, -0.05) is 184 Å². The molecule has 0 spiro atoms. The Labute approximate surface area is 340 Å². The molecule has 0 fully saturated rings. The SMILES string of the molecule is CC1(C)c2ccc(N(c3ccc(-c4ccccc4)cc3-c3ccccc3)c3ccc4ccccc4c3-c3cccc4ccccc34)cc2-c2cc3ccccc3cc21. The smallest absolute Gasteiger partial charge is 0.0546 e. The summed E-state index contributed by atoms with van der Waals surface area (Å²) in [7, 11) is 0. The monoisotopic (exact) mass is 739 g/mol. The molecule has 0 aliphatic heterocycles. The zero-order valence-corrected chi connectivity index (χ0v) is 32.7. The molecule has 0 radical (unpaired) electrons. The Balaban J connectivity index is 1.24. The van der Waals surface area contributed by atoms with Gasteiger partial charge in [0.15, 0.2) is 0 Å². The average molecular weight is 740 g/mol.